The quantitative estimate of drug-likeness (QED) is 0.467. The number of carbonyl (C=O) groups is 2. The number of aryl methyl sites for hydroxylation is 1. The molecule has 0 saturated carbocycles. The van der Waals surface area contributed by atoms with E-state index in [1.54, 1.807) is 27.1 Å². The van der Waals surface area contributed by atoms with Crippen molar-refractivity contribution >= 4 is 46.6 Å². The molecule has 11 heteroatoms. The number of carbonyl (C=O) groups excluding carboxylic acids is 2. The molecule has 0 radical (unpaired) electrons. The van der Waals surface area contributed by atoms with E-state index in [-0.39, 0.29) is 23.2 Å². The molecule has 0 unspecified atom stereocenters. The first-order chi connectivity index (χ1) is 16.6. The Bertz CT molecular complexity index is 1190. The topological polar surface area (TPSA) is 86.5 Å². The number of hydrogen-bond acceptors (Lipinski definition) is 4. The number of rotatable bonds is 5. The van der Waals surface area contributed by atoms with Gasteiger partial charge >= 0.3 is 12.2 Å². The number of urea groups is 1. The number of halogens is 3. The molecule has 2 aromatic carbocycles. The molecule has 184 valence electrons. The SMILES string of the molecule is CC=NC(=NC)c1ccc(CCNC(=O)/N=C2\SCC(=O)N2c2cc(C)ccc2C(F)(F)F)cc1. The summed E-state index contributed by atoms with van der Waals surface area (Å²) in [5.74, 6) is -0.0618. The zero-order valence-corrected chi connectivity index (χ0v) is 20.2. The van der Waals surface area contributed by atoms with Crippen LogP contribution in [-0.4, -0.2) is 48.5 Å². The number of benzene rings is 2. The van der Waals surface area contributed by atoms with Crippen LogP contribution in [0.2, 0.25) is 0 Å². The fourth-order valence-electron chi connectivity index (χ4n) is 3.39. The third-order valence-electron chi connectivity index (χ3n) is 5.03. The third kappa shape index (κ3) is 6.56. The maximum Gasteiger partial charge on any atom is 0.418 e. The highest BCUT2D eigenvalue weighted by molar-refractivity contribution is 8.15. The lowest BCUT2D eigenvalue weighted by Crippen LogP contribution is -2.33. The summed E-state index contributed by atoms with van der Waals surface area (Å²) in [6, 6.07) is 10.3. The number of alkyl halides is 3. The van der Waals surface area contributed by atoms with E-state index in [0.29, 0.717) is 17.8 Å². The molecule has 3 amide bonds. The molecule has 1 heterocycles. The van der Waals surface area contributed by atoms with Crippen LogP contribution in [0.4, 0.5) is 23.7 Å². The Morgan fingerprint density at radius 2 is 1.91 bits per heavy atom. The second-order valence-electron chi connectivity index (χ2n) is 7.54. The second-order valence-corrected chi connectivity index (χ2v) is 8.49. The van der Waals surface area contributed by atoms with Gasteiger partial charge in [0.25, 0.3) is 0 Å². The number of nitrogens with one attached hydrogen (secondary N) is 1. The lowest BCUT2D eigenvalue weighted by molar-refractivity contribution is -0.137. The van der Waals surface area contributed by atoms with Gasteiger partial charge in [0.2, 0.25) is 5.91 Å². The number of amidine groups is 2. The van der Waals surface area contributed by atoms with Crippen LogP contribution in [0.25, 0.3) is 0 Å². The molecule has 0 spiro atoms. The van der Waals surface area contributed by atoms with E-state index in [9.17, 15) is 22.8 Å². The van der Waals surface area contributed by atoms with Gasteiger partial charge in [-0.15, -0.1) is 0 Å². The molecule has 2 aromatic rings. The predicted octanol–water partition coefficient (Wildman–Crippen LogP) is 4.87. The van der Waals surface area contributed by atoms with E-state index in [2.05, 4.69) is 20.3 Å². The number of anilines is 1. The summed E-state index contributed by atoms with van der Waals surface area (Å²) in [5.41, 5.74) is 1.07. The number of thioether (sulfide) groups is 1. The highest BCUT2D eigenvalue weighted by atomic mass is 32.2. The molecule has 35 heavy (non-hydrogen) atoms. The van der Waals surface area contributed by atoms with E-state index in [1.807, 2.05) is 24.3 Å². The van der Waals surface area contributed by atoms with Gasteiger partial charge in [-0.25, -0.2) is 9.79 Å². The monoisotopic (exact) mass is 503 g/mol. The van der Waals surface area contributed by atoms with Crippen molar-refractivity contribution in [2.45, 2.75) is 26.4 Å². The smallest absolute Gasteiger partial charge is 0.336 e. The lowest BCUT2D eigenvalue weighted by Gasteiger charge is -2.21. The first-order valence-electron chi connectivity index (χ1n) is 10.7. The maximum atomic E-state index is 13.5. The Balaban J connectivity index is 1.68. The normalized spacial score (nSPS) is 15.9. The van der Waals surface area contributed by atoms with Crippen LogP contribution in [-0.2, 0) is 17.4 Å². The summed E-state index contributed by atoms with van der Waals surface area (Å²) < 4.78 is 40.6. The van der Waals surface area contributed by atoms with Gasteiger partial charge in [0.15, 0.2) is 11.0 Å². The van der Waals surface area contributed by atoms with E-state index in [0.717, 1.165) is 33.9 Å². The summed E-state index contributed by atoms with van der Waals surface area (Å²) in [6.07, 6.45) is -2.49. The van der Waals surface area contributed by atoms with Gasteiger partial charge in [-0.1, -0.05) is 42.1 Å². The molecule has 1 N–H and O–H groups in total. The summed E-state index contributed by atoms with van der Waals surface area (Å²) >= 11 is 0.923. The fraction of sp³-hybridized carbons (Fsp3) is 0.292. The largest absolute Gasteiger partial charge is 0.418 e. The molecule has 0 atom stereocenters. The van der Waals surface area contributed by atoms with Gasteiger partial charge in [0.1, 0.15) is 0 Å². The highest BCUT2D eigenvalue weighted by Crippen LogP contribution is 2.39. The summed E-state index contributed by atoms with van der Waals surface area (Å²) in [6.45, 7) is 3.69. The van der Waals surface area contributed by atoms with Crippen molar-refractivity contribution in [1.29, 1.82) is 0 Å². The molecule has 1 aliphatic rings. The highest BCUT2D eigenvalue weighted by Gasteiger charge is 2.39. The number of aliphatic imine (C=N–C) groups is 3. The average molecular weight is 504 g/mol. The van der Waals surface area contributed by atoms with Crippen molar-refractivity contribution in [3.05, 3.63) is 64.7 Å². The third-order valence-corrected chi connectivity index (χ3v) is 5.95. The van der Waals surface area contributed by atoms with Crippen LogP contribution in [0.5, 0.6) is 0 Å². The van der Waals surface area contributed by atoms with Gasteiger partial charge in [-0.3, -0.25) is 14.7 Å². The van der Waals surface area contributed by atoms with Crippen molar-refractivity contribution in [3.8, 4) is 0 Å². The summed E-state index contributed by atoms with van der Waals surface area (Å²) in [7, 11) is 1.66. The Hall–Kier alpha value is -3.47. The van der Waals surface area contributed by atoms with Crippen molar-refractivity contribution in [2.75, 3.05) is 24.2 Å². The average Bonchev–Trinajstić information content (AvgIpc) is 3.16. The van der Waals surface area contributed by atoms with Crippen LogP contribution in [0.1, 0.15) is 29.2 Å². The van der Waals surface area contributed by atoms with Crippen LogP contribution in [0.3, 0.4) is 0 Å². The van der Waals surface area contributed by atoms with Crippen molar-refractivity contribution in [2.24, 2.45) is 15.0 Å². The fourth-order valence-corrected chi connectivity index (χ4v) is 4.25. The Kier molecular flexibility index (Phi) is 8.44. The lowest BCUT2D eigenvalue weighted by atomic mass is 10.1. The Labute approximate surface area is 205 Å². The zero-order valence-electron chi connectivity index (χ0n) is 19.4. The minimum absolute atomic E-state index is 0.0872. The first kappa shape index (κ1) is 26.1. The standard InChI is InChI=1S/C24H24F3N5O2S/c1-4-29-21(28-3)17-8-6-16(7-9-17)11-12-30-22(34)31-23-32(20(33)14-35-23)19-13-15(2)5-10-18(19)24(25,26)27/h4-10,13H,11-12,14H2,1-3H3,(H,30,34)/b28-21?,29-4?,31-23-. The second kappa shape index (κ2) is 11.3. The van der Waals surface area contributed by atoms with Crippen LogP contribution in [0.15, 0.2) is 57.4 Å². The van der Waals surface area contributed by atoms with Crippen molar-refractivity contribution in [3.63, 3.8) is 0 Å². The van der Waals surface area contributed by atoms with Gasteiger partial charge in [-0.05, 0) is 43.5 Å². The van der Waals surface area contributed by atoms with E-state index in [1.165, 1.54) is 12.1 Å². The van der Waals surface area contributed by atoms with E-state index >= 15 is 0 Å². The predicted molar refractivity (Wildman–Crippen MR) is 134 cm³/mol. The van der Waals surface area contributed by atoms with Crippen molar-refractivity contribution in [1.82, 2.24) is 5.32 Å². The minimum atomic E-state index is -4.66. The van der Waals surface area contributed by atoms with Crippen molar-refractivity contribution < 1.29 is 22.8 Å². The molecule has 1 aliphatic heterocycles. The Morgan fingerprint density at radius 3 is 2.54 bits per heavy atom. The maximum absolute atomic E-state index is 13.5. The van der Waals surface area contributed by atoms with Gasteiger partial charge < -0.3 is 5.32 Å². The zero-order chi connectivity index (χ0) is 25.6. The van der Waals surface area contributed by atoms with Crippen LogP contribution < -0.4 is 10.2 Å². The molecular formula is C24H24F3N5O2S. The number of nitrogens with zero attached hydrogens (tertiary/aromatic N) is 4. The molecule has 0 bridgehead atoms. The van der Waals surface area contributed by atoms with Gasteiger partial charge in [0, 0.05) is 25.4 Å². The molecular weight excluding hydrogens is 479 g/mol. The van der Waals surface area contributed by atoms with Gasteiger partial charge in [-0.2, -0.15) is 18.2 Å². The molecule has 0 aromatic heterocycles. The number of hydrogen-bond donors (Lipinski definition) is 1. The molecule has 3 rings (SSSR count). The van der Waals surface area contributed by atoms with Crippen LogP contribution in [0, 0.1) is 6.92 Å². The first-order valence-corrected chi connectivity index (χ1v) is 11.7. The molecule has 0 aliphatic carbocycles. The van der Waals surface area contributed by atoms with E-state index < -0.39 is 23.7 Å². The van der Waals surface area contributed by atoms with E-state index in [4.69, 9.17) is 0 Å². The van der Waals surface area contributed by atoms with Crippen LogP contribution >= 0.6 is 11.8 Å². The summed E-state index contributed by atoms with van der Waals surface area (Å²) in [5, 5.41) is 2.54. The minimum Gasteiger partial charge on any atom is -0.336 e. The summed E-state index contributed by atoms with van der Waals surface area (Å²) in [4.78, 5) is 37.8. The van der Waals surface area contributed by atoms with Gasteiger partial charge in [0.05, 0.1) is 17.0 Å². The molecule has 1 saturated heterocycles. The molecule has 1 fully saturated rings. The molecule has 7 nitrogen and oxygen atoms in total. The Morgan fingerprint density at radius 1 is 1.20 bits per heavy atom. The number of amides is 3.